The number of hydrogen-bond acceptors (Lipinski definition) is 3. The van der Waals surface area contributed by atoms with Gasteiger partial charge in [-0.3, -0.25) is 4.98 Å². The highest BCUT2D eigenvalue weighted by Crippen LogP contribution is 2.13. The van der Waals surface area contributed by atoms with Crippen LogP contribution in [0.4, 0.5) is 0 Å². The maximum Gasteiger partial charge on any atom is 0.224 e. The number of hydrogen-bond donors (Lipinski definition) is 0. The van der Waals surface area contributed by atoms with Crippen LogP contribution in [0.5, 0.6) is 0 Å². The van der Waals surface area contributed by atoms with E-state index in [1.807, 2.05) is 32.0 Å². The molecule has 1 rings (SSSR count). The molecule has 4 nitrogen and oxygen atoms in total. The van der Waals surface area contributed by atoms with E-state index in [2.05, 4.69) is 20.9 Å². The third-order valence-corrected chi connectivity index (χ3v) is 5.39. The lowest BCUT2D eigenvalue weighted by atomic mass is 10.3. The summed E-state index contributed by atoms with van der Waals surface area (Å²) < 4.78 is 25.0. The Morgan fingerprint density at radius 2 is 2.12 bits per heavy atom. The van der Waals surface area contributed by atoms with Gasteiger partial charge in [0, 0.05) is 12.2 Å². The van der Waals surface area contributed by atoms with Crippen LogP contribution in [-0.2, 0) is 16.6 Å². The molecule has 0 saturated heterocycles. The van der Waals surface area contributed by atoms with E-state index in [9.17, 15) is 8.42 Å². The predicted molar refractivity (Wildman–Crippen MR) is 67.6 cm³/mol. The third-order valence-electron chi connectivity index (χ3n) is 2.12. The fraction of sp³-hybridized carbons (Fsp3) is 0.500. The molecule has 0 aromatic carbocycles. The first-order valence-electron chi connectivity index (χ1n) is 4.93. The van der Waals surface area contributed by atoms with Crippen molar-refractivity contribution in [2.45, 2.75) is 26.4 Å². The second-order valence-electron chi connectivity index (χ2n) is 3.68. The molecule has 0 aliphatic rings. The van der Waals surface area contributed by atoms with Gasteiger partial charge in [0.25, 0.3) is 0 Å². The van der Waals surface area contributed by atoms with Gasteiger partial charge in [0.15, 0.2) is 0 Å². The maximum absolute atomic E-state index is 11.8. The molecule has 0 radical (unpaired) electrons. The summed E-state index contributed by atoms with van der Waals surface area (Å²) in [4.78, 5) is 4.13. The van der Waals surface area contributed by atoms with Gasteiger partial charge >= 0.3 is 0 Å². The fourth-order valence-electron chi connectivity index (χ4n) is 1.32. The molecule has 0 N–H and O–H groups in total. The molecule has 0 saturated carbocycles. The molecule has 0 unspecified atom stereocenters. The van der Waals surface area contributed by atoms with Crippen molar-refractivity contribution in [2.75, 3.05) is 4.66 Å². The highest BCUT2D eigenvalue weighted by Gasteiger charge is 2.24. The summed E-state index contributed by atoms with van der Waals surface area (Å²) in [5, 5.41) is 0. The highest BCUT2D eigenvalue weighted by atomic mass is 79.9. The Bertz CT molecular complexity index is 420. The molecule has 16 heavy (non-hydrogen) atoms. The van der Waals surface area contributed by atoms with Crippen molar-refractivity contribution in [2.24, 2.45) is 0 Å². The first kappa shape index (κ1) is 13.6. The zero-order chi connectivity index (χ0) is 12.2. The Morgan fingerprint density at radius 1 is 1.44 bits per heavy atom. The topological polar surface area (TPSA) is 50.3 Å². The fourth-order valence-corrected chi connectivity index (χ4v) is 3.20. The SMILES string of the molecule is CC(C)N(Cc1ccccn1)S(=O)(=O)CBr. The van der Waals surface area contributed by atoms with Crippen LogP contribution < -0.4 is 0 Å². The Balaban J connectivity index is 2.90. The molecule has 0 spiro atoms. The van der Waals surface area contributed by atoms with Gasteiger partial charge in [-0.15, -0.1) is 0 Å². The van der Waals surface area contributed by atoms with Crippen molar-refractivity contribution in [1.82, 2.24) is 9.29 Å². The van der Waals surface area contributed by atoms with Crippen molar-refractivity contribution in [3.8, 4) is 0 Å². The standard InChI is InChI=1S/C10H15BrN2O2S/c1-9(2)13(16(14,15)8-11)7-10-5-3-4-6-12-10/h3-6,9H,7-8H2,1-2H3. The highest BCUT2D eigenvalue weighted by molar-refractivity contribution is 9.10. The second-order valence-corrected chi connectivity index (χ2v) is 6.91. The summed E-state index contributed by atoms with van der Waals surface area (Å²) in [7, 11) is -3.25. The van der Waals surface area contributed by atoms with Gasteiger partial charge < -0.3 is 0 Å². The van der Waals surface area contributed by atoms with E-state index < -0.39 is 10.0 Å². The number of halogens is 1. The minimum absolute atomic E-state index is 0.0645. The molecule has 0 fully saturated rings. The molecule has 1 aromatic rings. The van der Waals surface area contributed by atoms with E-state index in [-0.39, 0.29) is 10.7 Å². The number of sulfonamides is 1. The van der Waals surface area contributed by atoms with E-state index in [4.69, 9.17) is 0 Å². The lowest BCUT2D eigenvalue weighted by Gasteiger charge is -2.24. The van der Waals surface area contributed by atoms with Gasteiger partial charge in [0.05, 0.1) is 12.2 Å². The Morgan fingerprint density at radius 3 is 2.56 bits per heavy atom. The third kappa shape index (κ3) is 3.54. The number of nitrogens with zero attached hydrogens (tertiary/aromatic N) is 2. The Labute approximate surface area is 105 Å². The molecular formula is C10H15BrN2O2S. The van der Waals surface area contributed by atoms with Crippen LogP contribution in [-0.4, -0.2) is 28.4 Å². The number of alkyl halides is 1. The van der Waals surface area contributed by atoms with Crippen LogP contribution in [0.25, 0.3) is 0 Å². The van der Waals surface area contributed by atoms with Gasteiger partial charge in [0.2, 0.25) is 10.0 Å². The van der Waals surface area contributed by atoms with Crippen molar-refractivity contribution in [3.63, 3.8) is 0 Å². The zero-order valence-corrected chi connectivity index (χ0v) is 11.7. The first-order chi connectivity index (χ1) is 7.47. The minimum atomic E-state index is -3.25. The van der Waals surface area contributed by atoms with Gasteiger partial charge in [0.1, 0.15) is 4.66 Å². The van der Waals surface area contributed by atoms with E-state index in [1.54, 1.807) is 6.20 Å². The quantitative estimate of drug-likeness (QED) is 0.782. The number of aromatic nitrogens is 1. The summed E-state index contributed by atoms with van der Waals surface area (Å²) in [5.74, 6) is 0. The first-order valence-corrected chi connectivity index (χ1v) is 7.66. The predicted octanol–water partition coefficient (Wildman–Crippen LogP) is 1.97. The summed E-state index contributed by atoms with van der Waals surface area (Å²) in [6.45, 7) is 4.01. The van der Waals surface area contributed by atoms with E-state index in [0.29, 0.717) is 6.54 Å². The van der Waals surface area contributed by atoms with Crippen LogP contribution in [0.3, 0.4) is 0 Å². The zero-order valence-electron chi connectivity index (χ0n) is 9.30. The summed E-state index contributed by atoms with van der Waals surface area (Å²) in [5.41, 5.74) is 0.751. The molecule has 1 heterocycles. The van der Waals surface area contributed by atoms with E-state index >= 15 is 0 Å². The van der Waals surface area contributed by atoms with Crippen LogP contribution in [0, 0.1) is 0 Å². The molecule has 0 aliphatic heterocycles. The monoisotopic (exact) mass is 306 g/mol. The molecular weight excluding hydrogens is 292 g/mol. The van der Waals surface area contributed by atoms with Crippen molar-refractivity contribution >= 4 is 26.0 Å². The molecule has 0 atom stereocenters. The van der Waals surface area contributed by atoms with Gasteiger partial charge in [-0.05, 0) is 26.0 Å². The van der Waals surface area contributed by atoms with Crippen LogP contribution in [0.1, 0.15) is 19.5 Å². The maximum atomic E-state index is 11.8. The normalized spacial score (nSPS) is 12.3. The minimum Gasteiger partial charge on any atom is -0.260 e. The van der Waals surface area contributed by atoms with Crippen molar-refractivity contribution in [1.29, 1.82) is 0 Å². The molecule has 0 bridgehead atoms. The number of rotatable bonds is 5. The second kappa shape index (κ2) is 5.75. The van der Waals surface area contributed by atoms with E-state index in [0.717, 1.165) is 5.69 Å². The number of pyridine rings is 1. The van der Waals surface area contributed by atoms with Crippen molar-refractivity contribution < 1.29 is 8.42 Å². The Kier molecular flexibility index (Phi) is 4.89. The van der Waals surface area contributed by atoms with Crippen LogP contribution in [0.15, 0.2) is 24.4 Å². The van der Waals surface area contributed by atoms with Gasteiger partial charge in [-0.1, -0.05) is 22.0 Å². The van der Waals surface area contributed by atoms with Crippen LogP contribution in [0.2, 0.25) is 0 Å². The van der Waals surface area contributed by atoms with E-state index in [1.165, 1.54) is 4.31 Å². The molecule has 0 aliphatic carbocycles. The lowest BCUT2D eigenvalue weighted by Crippen LogP contribution is -2.37. The Hall–Kier alpha value is -0.460. The lowest BCUT2D eigenvalue weighted by molar-refractivity contribution is 0.347. The largest absolute Gasteiger partial charge is 0.260 e. The summed E-state index contributed by atoms with van der Waals surface area (Å²) >= 11 is 3.00. The average molecular weight is 307 g/mol. The molecule has 90 valence electrons. The molecule has 0 amide bonds. The molecule has 1 aromatic heterocycles. The van der Waals surface area contributed by atoms with Crippen LogP contribution >= 0.6 is 15.9 Å². The van der Waals surface area contributed by atoms with Crippen molar-refractivity contribution in [3.05, 3.63) is 30.1 Å². The summed E-state index contributed by atoms with van der Waals surface area (Å²) in [6.07, 6.45) is 1.66. The van der Waals surface area contributed by atoms with Gasteiger partial charge in [-0.25, -0.2) is 8.42 Å². The molecule has 6 heteroatoms. The summed E-state index contributed by atoms with van der Waals surface area (Å²) in [6, 6.07) is 5.40. The smallest absolute Gasteiger partial charge is 0.224 e. The average Bonchev–Trinajstić information content (AvgIpc) is 2.26. The van der Waals surface area contributed by atoms with Gasteiger partial charge in [-0.2, -0.15) is 4.31 Å².